The number of hydrogen-bond acceptors (Lipinski definition) is 8. The molecule has 13 heteroatoms. The standard InChI is InChI=1S/C19H22F3N5.C17H18N4O/c1-4-14-7-13(9-23-11-19(20,21)22)5-6-16(14)27(3)18-8-17-15(10-24-18)25-12-26(17)2;1-4-13-7-12(10-22)5-6-15(13)21(3)17-8-16-14(9-18-17)19-11-20(16)2/h5-8,10,12,23H,4,9,11H2,1-3H3;5-11H,4H2,1-3H3. The van der Waals surface area contributed by atoms with Crippen LogP contribution < -0.4 is 15.1 Å². The van der Waals surface area contributed by atoms with Crippen LogP contribution in [0.25, 0.3) is 22.1 Å². The van der Waals surface area contributed by atoms with Crippen LogP contribution in [0.4, 0.5) is 36.2 Å². The van der Waals surface area contributed by atoms with E-state index in [2.05, 4.69) is 32.2 Å². The molecular weight excluding hydrogens is 631 g/mol. The van der Waals surface area contributed by atoms with Crippen molar-refractivity contribution in [3.05, 3.63) is 95.8 Å². The van der Waals surface area contributed by atoms with Crippen LogP contribution in [0, 0.1) is 0 Å². The highest BCUT2D eigenvalue weighted by molar-refractivity contribution is 5.81. The number of anilines is 4. The number of imidazole rings is 2. The maximum atomic E-state index is 12.3. The van der Waals surface area contributed by atoms with E-state index in [9.17, 15) is 18.0 Å². The van der Waals surface area contributed by atoms with Crippen molar-refractivity contribution < 1.29 is 18.0 Å². The maximum Gasteiger partial charge on any atom is 0.401 e. The molecule has 0 bridgehead atoms. The van der Waals surface area contributed by atoms with Crippen LogP contribution >= 0.6 is 0 Å². The smallest absolute Gasteiger partial charge is 0.334 e. The van der Waals surface area contributed by atoms with Gasteiger partial charge in [-0.15, -0.1) is 0 Å². The third-order valence-electron chi connectivity index (χ3n) is 8.40. The van der Waals surface area contributed by atoms with E-state index in [1.165, 1.54) is 0 Å². The van der Waals surface area contributed by atoms with E-state index in [0.29, 0.717) is 5.56 Å². The highest BCUT2D eigenvalue weighted by Crippen LogP contribution is 2.30. The molecule has 4 aromatic heterocycles. The lowest BCUT2D eigenvalue weighted by molar-refractivity contribution is -0.125. The second-order valence-electron chi connectivity index (χ2n) is 11.8. The van der Waals surface area contributed by atoms with E-state index in [-0.39, 0.29) is 6.54 Å². The fourth-order valence-corrected chi connectivity index (χ4v) is 5.65. The normalized spacial score (nSPS) is 11.4. The average molecular weight is 672 g/mol. The minimum atomic E-state index is -4.20. The Kier molecular flexibility index (Phi) is 10.6. The zero-order valence-electron chi connectivity index (χ0n) is 28.5. The molecule has 0 aliphatic heterocycles. The fourth-order valence-electron chi connectivity index (χ4n) is 5.65. The zero-order valence-corrected chi connectivity index (χ0v) is 28.5. The zero-order chi connectivity index (χ0) is 35.3. The predicted molar refractivity (Wildman–Crippen MR) is 188 cm³/mol. The molecule has 2 aromatic carbocycles. The van der Waals surface area contributed by atoms with Gasteiger partial charge in [-0.3, -0.25) is 4.79 Å². The summed E-state index contributed by atoms with van der Waals surface area (Å²) in [6.45, 7) is 3.29. The second-order valence-corrected chi connectivity index (χ2v) is 11.8. The molecule has 0 saturated heterocycles. The first-order chi connectivity index (χ1) is 23.4. The lowest BCUT2D eigenvalue weighted by atomic mass is 10.1. The van der Waals surface area contributed by atoms with Gasteiger partial charge in [0.2, 0.25) is 0 Å². The fraction of sp³-hybridized carbons (Fsp3) is 0.306. The third-order valence-corrected chi connectivity index (χ3v) is 8.40. The Morgan fingerprint density at radius 2 is 1.27 bits per heavy atom. The van der Waals surface area contributed by atoms with Gasteiger partial charge >= 0.3 is 6.18 Å². The number of aromatic nitrogens is 6. The van der Waals surface area contributed by atoms with E-state index in [1.54, 1.807) is 25.0 Å². The number of benzene rings is 2. The second kappa shape index (κ2) is 14.9. The van der Waals surface area contributed by atoms with Gasteiger partial charge in [0.1, 0.15) is 29.0 Å². The summed E-state index contributed by atoms with van der Waals surface area (Å²) in [5.74, 6) is 1.63. The number of carbonyl (C=O) groups is 1. The SMILES string of the molecule is CCc1cc(C=O)ccc1N(C)c1cc2c(cn1)ncn2C.CCc1cc(CNCC(F)(F)F)ccc1N(C)c1cc2c(cn1)ncn2C. The van der Waals surface area contributed by atoms with Crippen LogP contribution in [0.5, 0.6) is 0 Å². The van der Waals surface area contributed by atoms with Gasteiger partial charge in [-0.05, 0) is 53.8 Å². The molecular formula is C36H40F3N9O. The highest BCUT2D eigenvalue weighted by atomic mass is 19.4. The summed E-state index contributed by atoms with van der Waals surface area (Å²) in [4.78, 5) is 32.5. The Morgan fingerprint density at radius 1 is 0.755 bits per heavy atom. The van der Waals surface area contributed by atoms with Crippen LogP contribution in [0.15, 0.2) is 73.6 Å². The molecule has 0 saturated carbocycles. The van der Waals surface area contributed by atoms with E-state index < -0.39 is 12.7 Å². The monoisotopic (exact) mass is 671 g/mol. The van der Waals surface area contributed by atoms with Crippen molar-refractivity contribution in [1.29, 1.82) is 0 Å². The lowest BCUT2D eigenvalue weighted by Gasteiger charge is -2.22. The molecule has 6 rings (SSSR count). The van der Waals surface area contributed by atoms with Crippen molar-refractivity contribution in [3.8, 4) is 0 Å². The minimum absolute atomic E-state index is 0.176. The van der Waals surface area contributed by atoms with Crippen molar-refractivity contribution in [2.75, 3.05) is 30.4 Å². The Balaban J connectivity index is 0.000000195. The number of nitrogens with zero attached hydrogens (tertiary/aromatic N) is 8. The number of aryl methyl sites for hydroxylation is 4. The molecule has 0 spiro atoms. The number of carbonyl (C=O) groups excluding carboxylic acids is 1. The van der Waals surface area contributed by atoms with Crippen molar-refractivity contribution in [2.45, 2.75) is 39.4 Å². The Morgan fingerprint density at radius 3 is 1.76 bits per heavy atom. The number of nitrogens with one attached hydrogen (secondary N) is 1. The van der Waals surface area contributed by atoms with Gasteiger partial charge in [0.15, 0.2) is 0 Å². The van der Waals surface area contributed by atoms with E-state index >= 15 is 0 Å². The van der Waals surface area contributed by atoms with Gasteiger partial charge < -0.3 is 24.3 Å². The summed E-state index contributed by atoms with van der Waals surface area (Å²) >= 11 is 0. The van der Waals surface area contributed by atoms with Gasteiger partial charge in [0, 0.05) is 63.8 Å². The summed E-state index contributed by atoms with van der Waals surface area (Å²) in [7, 11) is 7.81. The highest BCUT2D eigenvalue weighted by Gasteiger charge is 2.26. The summed E-state index contributed by atoms with van der Waals surface area (Å²) < 4.78 is 40.8. The third kappa shape index (κ3) is 8.06. The average Bonchev–Trinajstić information content (AvgIpc) is 3.67. The molecule has 256 valence electrons. The van der Waals surface area contributed by atoms with Crippen molar-refractivity contribution in [1.82, 2.24) is 34.4 Å². The largest absolute Gasteiger partial charge is 0.401 e. The first-order valence-electron chi connectivity index (χ1n) is 15.9. The van der Waals surface area contributed by atoms with Gasteiger partial charge in [0.05, 0.1) is 42.6 Å². The summed E-state index contributed by atoms with van der Waals surface area (Å²) in [5.41, 5.74) is 9.47. The first kappa shape index (κ1) is 35.0. The number of hydrogen-bond donors (Lipinski definition) is 1. The number of alkyl halides is 3. The van der Waals surface area contributed by atoms with Crippen molar-refractivity contribution in [2.24, 2.45) is 14.1 Å². The molecule has 49 heavy (non-hydrogen) atoms. The number of halogens is 3. The molecule has 0 unspecified atom stereocenters. The molecule has 0 aliphatic carbocycles. The van der Waals surface area contributed by atoms with Crippen LogP contribution in [-0.2, 0) is 33.5 Å². The van der Waals surface area contributed by atoms with Crippen LogP contribution in [0.1, 0.15) is 40.9 Å². The Labute approximate surface area is 283 Å². The molecule has 1 N–H and O–H groups in total. The molecule has 6 aromatic rings. The van der Waals surface area contributed by atoms with E-state index in [1.807, 2.05) is 103 Å². The van der Waals surface area contributed by atoms with E-state index in [4.69, 9.17) is 0 Å². The number of rotatable bonds is 10. The van der Waals surface area contributed by atoms with Crippen molar-refractivity contribution >= 4 is 51.4 Å². The molecule has 0 atom stereocenters. The molecule has 0 radical (unpaired) electrons. The predicted octanol–water partition coefficient (Wildman–Crippen LogP) is 7.06. The van der Waals surface area contributed by atoms with Crippen molar-refractivity contribution in [3.63, 3.8) is 0 Å². The van der Waals surface area contributed by atoms with Gasteiger partial charge in [-0.25, -0.2) is 19.9 Å². The van der Waals surface area contributed by atoms with Crippen LogP contribution in [-0.4, -0.2) is 62.2 Å². The molecule has 0 aliphatic rings. The Hall–Kier alpha value is -5.30. The Bertz CT molecular complexity index is 2070. The summed E-state index contributed by atoms with van der Waals surface area (Å²) in [6.07, 6.45) is 5.35. The minimum Gasteiger partial charge on any atom is -0.334 e. The molecule has 10 nitrogen and oxygen atoms in total. The van der Waals surface area contributed by atoms with Crippen LogP contribution in [0.2, 0.25) is 0 Å². The summed E-state index contributed by atoms with van der Waals surface area (Å²) in [6, 6.07) is 15.4. The number of aldehydes is 1. The summed E-state index contributed by atoms with van der Waals surface area (Å²) in [5, 5.41) is 2.44. The quantitative estimate of drug-likeness (QED) is 0.155. The molecule has 0 amide bonds. The van der Waals surface area contributed by atoms with E-state index in [0.717, 1.165) is 80.9 Å². The first-order valence-corrected chi connectivity index (χ1v) is 15.9. The molecule has 4 heterocycles. The van der Waals surface area contributed by atoms with Gasteiger partial charge in [0.25, 0.3) is 0 Å². The number of pyridine rings is 2. The van der Waals surface area contributed by atoms with Crippen LogP contribution in [0.3, 0.4) is 0 Å². The van der Waals surface area contributed by atoms with Gasteiger partial charge in [-0.2, -0.15) is 13.2 Å². The number of fused-ring (bicyclic) bond motifs is 2. The molecule has 0 fully saturated rings. The van der Waals surface area contributed by atoms with Gasteiger partial charge in [-0.1, -0.05) is 26.0 Å². The maximum absolute atomic E-state index is 12.3. The lowest BCUT2D eigenvalue weighted by Crippen LogP contribution is -2.28. The topological polar surface area (TPSA) is 97.0 Å².